The number of carboxylic acids is 1. The highest BCUT2D eigenvalue weighted by molar-refractivity contribution is 5.90. The van der Waals surface area contributed by atoms with E-state index in [0.717, 1.165) is 32.9 Å². The van der Waals surface area contributed by atoms with Crippen molar-refractivity contribution in [1.82, 2.24) is 9.97 Å². The Balaban J connectivity index is 1.94. The zero-order valence-corrected chi connectivity index (χ0v) is 13.2. The number of benzene rings is 2. The predicted molar refractivity (Wildman–Crippen MR) is 94.0 cm³/mol. The Labute approximate surface area is 142 Å². The van der Waals surface area contributed by atoms with Crippen LogP contribution in [0.5, 0.6) is 11.5 Å². The summed E-state index contributed by atoms with van der Waals surface area (Å²) in [5, 5.41) is 30.6. The molecule has 0 radical (unpaired) electrons. The molecule has 0 aliphatic carbocycles. The summed E-state index contributed by atoms with van der Waals surface area (Å²) in [6.45, 7) is 0. The standard InChI is InChI=1S/C19H16N2O4/c22-10-1-3-17-13(5-10)15(8-20-17)12(7-19(24)25)16-9-21-18-4-2-11(23)6-14(16)18/h1-6,8-9,12,20-23H,7H2,(H,24,25). The molecule has 0 fully saturated rings. The maximum atomic E-state index is 11.5. The summed E-state index contributed by atoms with van der Waals surface area (Å²) in [6.07, 6.45) is 3.45. The fraction of sp³-hybridized carbons (Fsp3) is 0.105. The number of aliphatic carboxylic acids is 1. The molecule has 126 valence electrons. The number of fused-ring (bicyclic) bond motifs is 2. The summed E-state index contributed by atoms with van der Waals surface area (Å²) in [6, 6.07) is 9.93. The molecule has 6 nitrogen and oxygen atoms in total. The van der Waals surface area contributed by atoms with Crippen LogP contribution < -0.4 is 0 Å². The molecule has 0 atom stereocenters. The number of aromatic amines is 2. The average Bonchev–Trinajstić information content (AvgIpc) is 3.16. The first kappa shape index (κ1) is 15.1. The van der Waals surface area contributed by atoms with Gasteiger partial charge in [-0.25, -0.2) is 0 Å². The number of carboxylic acid groups (broad SMARTS) is 1. The second-order valence-corrected chi connectivity index (χ2v) is 6.10. The second kappa shape index (κ2) is 5.59. The molecule has 2 aromatic heterocycles. The van der Waals surface area contributed by atoms with Gasteiger partial charge in [-0.1, -0.05) is 0 Å². The first-order chi connectivity index (χ1) is 12.0. The highest BCUT2D eigenvalue weighted by atomic mass is 16.4. The summed E-state index contributed by atoms with van der Waals surface area (Å²) >= 11 is 0. The normalized spacial score (nSPS) is 11.6. The molecule has 6 heteroatoms. The molecule has 0 spiro atoms. The van der Waals surface area contributed by atoms with E-state index in [1.807, 2.05) is 0 Å². The fourth-order valence-corrected chi connectivity index (χ4v) is 3.40. The summed E-state index contributed by atoms with van der Waals surface area (Å²) in [5.41, 5.74) is 3.23. The molecule has 2 aromatic carbocycles. The van der Waals surface area contributed by atoms with Crippen molar-refractivity contribution < 1.29 is 20.1 Å². The minimum Gasteiger partial charge on any atom is -0.508 e. The van der Waals surface area contributed by atoms with E-state index in [4.69, 9.17) is 0 Å². The van der Waals surface area contributed by atoms with Gasteiger partial charge in [0, 0.05) is 40.1 Å². The first-order valence-electron chi connectivity index (χ1n) is 7.84. The molecular formula is C19H16N2O4. The van der Waals surface area contributed by atoms with Crippen LogP contribution >= 0.6 is 0 Å². The van der Waals surface area contributed by atoms with Gasteiger partial charge in [0.2, 0.25) is 0 Å². The number of rotatable bonds is 4. The van der Waals surface area contributed by atoms with Crippen LogP contribution in [0, 0.1) is 0 Å². The minimum atomic E-state index is -0.922. The molecule has 5 N–H and O–H groups in total. The van der Waals surface area contributed by atoms with Gasteiger partial charge in [0.25, 0.3) is 0 Å². The van der Waals surface area contributed by atoms with E-state index < -0.39 is 11.9 Å². The lowest BCUT2D eigenvalue weighted by molar-refractivity contribution is -0.137. The largest absolute Gasteiger partial charge is 0.508 e. The van der Waals surface area contributed by atoms with E-state index in [2.05, 4.69) is 9.97 Å². The van der Waals surface area contributed by atoms with Crippen molar-refractivity contribution in [2.75, 3.05) is 0 Å². The van der Waals surface area contributed by atoms with E-state index in [1.54, 1.807) is 48.8 Å². The molecule has 0 saturated carbocycles. The van der Waals surface area contributed by atoms with E-state index in [0.29, 0.717) is 0 Å². The van der Waals surface area contributed by atoms with Gasteiger partial charge in [0.05, 0.1) is 6.42 Å². The quantitative estimate of drug-likeness (QED) is 0.392. The number of hydrogen-bond donors (Lipinski definition) is 5. The average molecular weight is 336 g/mol. The van der Waals surface area contributed by atoms with Gasteiger partial charge in [0.15, 0.2) is 0 Å². The molecule has 0 amide bonds. The highest BCUT2D eigenvalue weighted by Crippen LogP contribution is 2.38. The zero-order chi connectivity index (χ0) is 17.6. The number of phenols is 2. The van der Waals surface area contributed by atoms with Crippen LogP contribution in [0.2, 0.25) is 0 Å². The van der Waals surface area contributed by atoms with E-state index >= 15 is 0 Å². The van der Waals surface area contributed by atoms with Gasteiger partial charge >= 0.3 is 5.97 Å². The number of aromatic hydroxyl groups is 2. The van der Waals surface area contributed by atoms with Crippen molar-refractivity contribution in [2.24, 2.45) is 0 Å². The Kier molecular flexibility index (Phi) is 3.39. The van der Waals surface area contributed by atoms with Gasteiger partial charge in [-0.05, 0) is 47.5 Å². The van der Waals surface area contributed by atoms with Crippen LogP contribution in [-0.2, 0) is 4.79 Å². The number of aromatic nitrogens is 2. The molecule has 25 heavy (non-hydrogen) atoms. The Bertz CT molecular complexity index is 1010. The molecule has 0 aliphatic rings. The van der Waals surface area contributed by atoms with Gasteiger partial charge in [-0.3, -0.25) is 4.79 Å². The summed E-state index contributed by atoms with van der Waals surface area (Å²) in [7, 11) is 0. The van der Waals surface area contributed by atoms with Crippen LogP contribution in [0.15, 0.2) is 48.8 Å². The summed E-state index contributed by atoms with van der Waals surface area (Å²) < 4.78 is 0. The predicted octanol–water partition coefficient (Wildman–Crippen LogP) is 3.67. The summed E-state index contributed by atoms with van der Waals surface area (Å²) in [5.74, 6) is -1.10. The molecular weight excluding hydrogens is 320 g/mol. The molecule has 2 heterocycles. The van der Waals surface area contributed by atoms with Gasteiger partial charge in [-0.15, -0.1) is 0 Å². The van der Waals surface area contributed by atoms with Crippen molar-refractivity contribution in [1.29, 1.82) is 0 Å². The third-order valence-electron chi connectivity index (χ3n) is 4.52. The van der Waals surface area contributed by atoms with Crippen LogP contribution in [0.1, 0.15) is 23.5 Å². The van der Waals surface area contributed by atoms with Crippen LogP contribution in [0.3, 0.4) is 0 Å². The van der Waals surface area contributed by atoms with Crippen molar-refractivity contribution in [3.05, 3.63) is 59.9 Å². The molecule has 0 bridgehead atoms. The monoisotopic (exact) mass is 336 g/mol. The molecule has 4 aromatic rings. The molecule has 4 rings (SSSR count). The third kappa shape index (κ3) is 2.57. The van der Waals surface area contributed by atoms with Crippen LogP contribution in [0.4, 0.5) is 0 Å². The molecule has 0 unspecified atom stereocenters. The van der Waals surface area contributed by atoms with E-state index in [9.17, 15) is 20.1 Å². The van der Waals surface area contributed by atoms with Crippen LogP contribution in [-0.4, -0.2) is 31.3 Å². The number of carbonyl (C=O) groups is 1. The van der Waals surface area contributed by atoms with E-state index in [1.165, 1.54) is 0 Å². The maximum Gasteiger partial charge on any atom is 0.304 e. The van der Waals surface area contributed by atoms with Crippen molar-refractivity contribution in [2.45, 2.75) is 12.3 Å². The lowest BCUT2D eigenvalue weighted by Crippen LogP contribution is -2.07. The highest BCUT2D eigenvalue weighted by Gasteiger charge is 2.24. The smallest absolute Gasteiger partial charge is 0.304 e. The fourth-order valence-electron chi connectivity index (χ4n) is 3.40. The maximum absolute atomic E-state index is 11.5. The van der Waals surface area contributed by atoms with Crippen molar-refractivity contribution >= 4 is 27.8 Å². The Morgan fingerprint density at radius 3 is 1.80 bits per heavy atom. The van der Waals surface area contributed by atoms with Gasteiger partial charge in [0.1, 0.15) is 11.5 Å². The molecule has 0 aliphatic heterocycles. The second-order valence-electron chi connectivity index (χ2n) is 6.10. The SMILES string of the molecule is O=C(O)CC(c1c[nH]c2ccc(O)cc12)c1c[nH]c2ccc(O)cc12. The van der Waals surface area contributed by atoms with E-state index in [-0.39, 0.29) is 17.9 Å². The number of phenolic OH excluding ortho intramolecular Hbond substituents is 2. The minimum absolute atomic E-state index is 0.106. The topological polar surface area (TPSA) is 109 Å². The number of nitrogens with one attached hydrogen (secondary N) is 2. The summed E-state index contributed by atoms with van der Waals surface area (Å²) in [4.78, 5) is 17.7. The number of hydrogen-bond acceptors (Lipinski definition) is 3. The van der Waals surface area contributed by atoms with Crippen molar-refractivity contribution in [3.8, 4) is 11.5 Å². The Morgan fingerprint density at radius 2 is 1.36 bits per heavy atom. The Hall–Kier alpha value is -3.41. The Morgan fingerprint density at radius 1 is 0.880 bits per heavy atom. The first-order valence-corrected chi connectivity index (χ1v) is 7.84. The van der Waals surface area contributed by atoms with Gasteiger partial charge < -0.3 is 25.3 Å². The van der Waals surface area contributed by atoms with Crippen molar-refractivity contribution in [3.63, 3.8) is 0 Å². The number of H-pyrrole nitrogens is 2. The zero-order valence-electron chi connectivity index (χ0n) is 13.2. The third-order valence-corrected chi connectivity index (χ3v) is 4.52. The van der Waals surface area contributed by atoms with Crippen LogP contribution in [0.25, 0.3) is 21.8 Å². The van der Waals surface area contributed by atoms with Gasteiger partial charge in [-0.2, -0.15) is 0 Å². The lowest BCUT2D eigenvalue weighted by atomic mass is 9.88. The lowest BCUT2D eigenvalue weighted by Gasteiger charge is -2.14. The molecule has 0 saturated heterocycles.